The first-order valence-corrected chi connectivity index (χ1v) is 9.08. The molecular formula is C21H19N5O3. The molecule has 2 N–H and O–H groups in total. The van der Waals surface area contributed by atoms with Crippen LogP contribution in [0.5, 0.6) is 0 Å². The normalized spacial score (nSPS) is 18.4. The lowest BCUT2D eigenvalue weighted by Crippen LogP contribution is -2.29. The summed E-state index contributed by atoms with van der Waals surface area (Å²) in [4.78, 5) is 35.5. The number of pyridine rings is 2. The Hall–Kier alpha value is -3.81. The molecule has 4 rings (SSSR count). The second-order valence-electron chi connectivity index (χ2n) is 6.88. The van der Waals surface area contributed by atoms with Crippen LogP contribution in [-0.4, -0.2) is 41.9 Å². The summed E-state index contributed by atoms with van der Waals surface area (Å²) in [7, 11) is 0. The molecule has 0 aliphatic carbocycles. The zero-order chi connectivity index (χ0) is 20.5. The number of nitrogens with zero attached hydrogens (tertiary/aromatic N) is 4. The maximum absolute atomic E-state index is 13.0. The zero-order valence-electron chi connectivity index (χ0n) is 16.0. The molecule has 1 fully saturated rings. The summed E-state index contributed by atoms with van der Waals surface area (Å²) in [6.07, 6.45) is 6.49. The Balaban J connectivity index is 1.89. The van der Waals surface area contributed by atoms with Crippen LogP contribution in [0, 0.1) is 13.8 Å². The van der Waals surface area contributed by atoms with E-state index in [1.165, 1.54) is 4.90 Å². The van der Waals surface area contributed by atoms with E-state index in [0.29, 0.717) is 22.5 Å². The van der Waals surface area contributed by atoms with Crippen LogP contribution in [0.25, 0.3) is 5.76 Å². The van der Waals surface area contributed by atoms with E-state index in [1.54, 1.807) is 56.8 Å². The maximum Gasteiger partial charge on any atom is 0.295 e. The highest BCUT2D eigenvalue weighted by atomic mass is 16.3. The molecule has 3 aromatic heterocycles. The van der Waals surface area contributed by atoms with Crippen LogP contribution in [0.15, 0.2) is 54.6 Å². The molecule has 1 saturated heterocycles. The standard InChI is InChI=1S/C21H19N5O3/c1-12-16(13(2)25-24-12)19(27)17-18(15-6-4-8-23-10-15)26(21(29)20(17)28)11-14-5-3-7-22-9-14/h3-10,18,27H,11H2,1-2H3,(H,24,25). The quantitative estimate of drug-likeness (QED) is 0.403. The zero-order valence-corrected chi connectivity index (χ0v) is 16.0. The number of hydrogen-bond donors (Lipinski definition) is 2. The minimum Gasteiger partial charge on any atom is -0.507 e. The summed E-state index contributed by atoms with van der Waals surface area (Å²) in [5.41, 5.74) is 3.03. The molecular weight excluding hydrogens is 370 g/mol. The topological polar surface area (TPSA) is 112 Å². The van der Waals surface area contributed by atoms with Crippen molar-refractivity contribution in [1.29, 1.82) is 0 Å². The van der Waals surface area contributed by atoms with Gasteiger partial charge in [0.15, 0.2) is 0 Å². The monoisotopic (exact) mass is 389 g/mol. The van der Waals surface area contributed by atoms with Gasteiger partial charge in [-0.1, -0.05) is 12.1 Å². The van der Waals surface area contributed by atoms with Crippen LogP contribution in [0.4, 0.5) is 0 Å². The third-order valence-electron chi connectivity index (χ3n) is 4.98. The van der Waals surface area contributed by atoms with E-state index in [1.807, 2.05) is 6.07 Å². The molecule has 0 saturated carbocycles. The molecule has 146 valence electrons. The summed E-state index contributed by atoms with van der Waals surface area (Å²) in [5, 5.41) is 17.9. The summed E-state index contributed by atoms with van der Waals surface area (Å²) in [6, 6.07) is 6.34. The fourth-order valence-electron chi connectivity index (χ4n) is 3.65. The van der Waals surface area contributed by atoms with E-state index in [0.717, 1.165) is 5.56 Å². The molecule has 1 unspecified atom stereocenters. The number of amides is 1. The Labute approximate surface area is 166 Å². The maximum atomic E-state index is 13.0. The van der Waals surface area contributed by atoms with E-state index < -0.39 is 17.7 Å². The molecule has 0 aromatic carbocycles. The molecule has 1 atom stereocenters. The molecule has 8 nitrogen and oxygen atoms in total. The number of aliphatic hydroxyl groups excluding tert-OH is 1. The Morgan fingerprint density at radius 1 is 1.14 bits per heavy atom. The average Bonchev–Trinajstić information content (AvgIpc) is 3.20. The van der Waals surface area contributed by atoms with Gasteiger partial charge < -0.3 is 10.0 Å². The number of carbonyl (C=O) groups is 2. The van der Waals surface area contributed by atoms with Crippen molar-refractivity contribution in [2.75, 3.05) is 0 Å². The van der Waals surface area contributed by atoms with Crippen molar-refractivity contribution in [3.63, 3.8) is 0 Å². The first-order chi connectivity index (χ1) is 14.0. The summed E-state index contributed by atoms with van der Waals surface area (Å²) in [5.74, 6) is -1.65. The van der Waals surface area contributed by atoms with E-state index in [2.05, 4.69) is 20.2 Å². The third-order valence-corrected chi connectivity index (χ3v) is 4.98. The number of aromatic nitrogens is 4. The Kier molecular flexibility index (Phi) is 4.67. The van der Waals surface area contributed by atoms with Crippen molar-refractivity contribution in [3.05, 3.63) is 82.7 Å². The number of aryl methyl sites for hydroxylation is 2. The number of H-pyrrole nitrogens is 1. The van der Waals surface area contributed by atoms with E-state index in [9.17, 15) is 14.7 Å². The predicted molar refractivity (Wildman–Crippen MR) is 104 cm³/mol. The predicted octanol–water partition coefficient (Wildman–Crippen LogP) is 2.44. The lowest BCUT2D eigenvalue weighted by Gasteiger charge is -2.25. The van der Waals surface area contributed by atoms with Crippen molar-refractivity contribution < 1.29 is 14.7 Å². The van der Waals surface area contributed by atoms with Gasteiger partial charge in [0.05, 0.1) is 22.9 Å². The van der Waals surface area contributed by atoms with Crippen molar-refractivity contribution in [3.8, 4) is 0 Å². The highest BCUT2D eigenvalue weighted by molar-refractivity contribution is 6.46. The average molecular weight is 389 g/mol. The number of ketones is 1. The van der Waals surface area contributed by atoms with Crippen LogP contribution in [0.1, 0.15) is 34.1 Å². The fraction of sp³-hybridized carbons (Fsp3) is 0.190. The number of rotatable bonds is 4. The van der Waals surface area contributed by atoms with Crippen molar-refractivity contribution in [2.45, 2.75) is 26.4 Å². The van der Waals surface area contributed by atoms with Crippen LogP contribution >= 0.6 is 0 Å². The van der Waals surface area contributed by atoms with Crippen molar-refractivity contribution in [1.82, 2.24) is 25.1 Å². The fourth-order valence-corrected chi connectivity index (χ4v) is 3.65. The lowest BCUT2D eigenvalue weighted by molar-refractivity contribution is -0.140. The molecule has 0 spiro atoms. The van der Waals surface area contributed by atoms with Gasteiger partial charge in [0, 0.05) is 37.0 Å². The first-order valence-electron chi connectivity index (χ1n) is 9.08. The smallest absolute Gasteiger partial charge is 0.295 e. The van der Waals surface area contributed by atoms with Crippen LogP contribution < -0.4 is 0 Å². The summed E-state index contributed by atoms with van der Waals surface area (Å²) < 4.78 is 0. The molecule has 1 aliphatic rings. The van der Waals surface area contributed by atoms with Crippen LogP contribution in [0.3, 0.4) is 0 Å². The second kappa shape index (κ2) is 7.31. The minimum absolute atomic E-state index is 0.0273. The number of aromatic amines is 1. The van der Waals surface area contributed by atoms with Gasteiger partial charge in [-0.3, -0.25) is 24.7 Å². The van der Waals surface area contributed by atoms with E-state index in [4.69, 9.17) is 0 Å². The minimum atomic E-state index is -0.766. The van der Waals surface area contributed by atoms with Gasteiger partial charge in [0.25, 0.3) is 11.7 Å². The Morgan fingerprint density at radius 2 is 1.86 bits per heavy atom. The second-order valence-corrected chi connectivity index (χ2v) is 6.88. The number of nitrogens with one attached hydrogen (secondary N) is 1. The van der Waals surface area contributed by atoms with Crippen LogP contribution in [-0.2, 0) is 16.1 Å². The Morgan fingerprint density at radius 3 is 2.45 bits per heavy atom. The van der Waals surface area contributed by atoms with Gasteiger partial charge in [0.1, 0.15) is 5.76 Å². The first kappa shape index (κ1) is 18.5. The number of carbonyl (C=O) groups excluding carboxylic acids is 2. The van der Waals surface area contributed by atoms with Gasteiger partial charge in [0.2, 0.25) is 0 Å². The van der Waals surface area contributed by atoms with Gasteiger partial charge in [-0.05, 0) is 37.1 Å². The number of likely N-dealkylation sites (tertiary alicyclic amines) is 1. The largest absolute Gasteiger partial charge is 0.507 e. The SMILES string of the molecule is Cc1n[nH]c(C)c1C(O)=C1C(=O)C(=O)N(Cc2cccnc2)C1c1cccnc1. The van der Waals surface area contributed by atoms with Crippen LogP contribution in [0.2, 0.25) is 0 Å². The van der Waals surface area contributed by atoms with E-state index >= 15 is 0 Å². The molecule has 4 heterocycles. The van der Waals surface area contributed by atoms with Gasteiger partial charge >= 0.3 is 0 Å². The highest BCUT2D eigenvalue weighted by Crippen LogP contribution is 2.40. The molecule has 1 amide bonds. The van der Waals surface area contributed by atoms with Crippen molar-refractivity contribution >= 4 is 17.4 Å². The van der Waals surface area contributed by atoms with Gasteiger partial charge in [-0.25, -0.2) is 0 Å². The number of Topliss-reactive ketones (excluding diaryl/α,β-unsaturated/α-hetero) is 1. The summed E-state index contributed by atoms with van der Waals surface area (Å²) in [6.45, 7) is 3.65. The van der Waals surface area contributed by atoms with E-state index in [-0.39, 0.29) is 17.9 Å². The Bertz CT molecular complexity index is 1090. The third kappa shape index (κ3) is 3.18. The van der Waals surface area contributed by atoms with Gasteiger partial charge in [-0.15, -0.1) is 0 Å². The van der Waals surface area contributed by atoms with Gasteiger partial charge in [-0.2, -0.15) is 5.10 Å². The molecule has 3 aromatic rings. The van der Waals surface area contributed by atoms with Crippen molar-refractivity contribution in [2.24, 2.45) is 0 Å². The molecule has 29 heavy (non-hydrogen) atoms. The summed E-state index contributed by atoms with van der Waals surface area (Å²) >= 11 is 0. The number of hydrogen-bond acceptors (Lipinski definition) is 6. The lowest BCUT2D eigenvalue weighted by atomic mass is 9.95. The number of aliphatic hydroxyl groups is 1. The molecule has 8 heteroatoms. The molecule has 1 aliphatic heterocycles. The molecule has 0 bridgehead atoms. The highest BCUT2D eigenvalue weighted by Gasteiger charge is 2.46. The molecule has 0 radical (unpaired) electrons.